The lowest BCUT2D eigenvalue weighted by molar-refractivity contribution is 0.196. The van der Waals surface area contributed by atoms with E-state index < -0.39 is 0 Å². The van der Waals surface area contributed by atoms with Crippen molar-refractivity contribution >= 4 is 0 Å². The maximum absolute atomic E-state index is 9.16. The lowest BCUT2D eigenvalue weighted by atomic mass is 9.85. The maximum atomic E-state index is 9.16. The third kappa shape index (κ3) is 5.93. The topological polar surface area (TPSA) is 41.5 Å². The Kier molecular flexibility index (Phi) is 6.50. The molecule has 0 amide bonds. The maximum Gasteiger partial charge on any atom is 0.119 e. The summed E-state index contributed by atoms with van der Waals surface area (Å²) < 4.78 is 5.63. The predicted octanol–water partition coefficient (Wildman–Crippen LogP) is 3.36. The van der Waals surface area contributed by atoms with Crippen molar-refractivity contribution in [3.05, 3.63) is 29.8 Å². The highest BCUT2D eigenvalue weighted by molar-refractivity contribution is 5.27. The van der Waals surface area contributed by atoms with Crippen LogP contribution in [0.4, 0.5) is 0 Å². The van der Waals surface area contributed by atoms with Crippen LogP contribution < -0.4 is 10.1 Å². The fourth-order valence-electron chi connectivity index (χ4n) is 2.17. The standard InChI is InChI=1S/C17H29NO2/c1-13(2)20-15-8-6-14(7-9-15)12-18-16(10-11-19)17(3,4)5/h6-9,13,16,18-19H,10-12H2,1-5H3. The highest BCUT2D eigenvalue weighted by Crippen LogP contribution is 2.22. The van der Waals surface area contributed by atoms with E-state index in [2.05, 4.69) is 38.2 Å². The molecule has 2 N–H and O–H groups in total. The van der Waals surface area contributed by atoms with Gasteiger partial charge in [0.05, 0.1) is 6.10 Å². The van der Waals surface area contributed by atoms with E-state index in [1.807, 2.05) is 26.0 Å². The Bertz CT molecular complexity index is 379. The van der Waals surface area contributed by atoms with Crippen LogP contribution >= 0.6 is 0 Å². The summed E-state index contributed by atoms with van der Waals surface area (Å²) in [5, 5.41) is 12.7. The minimum atomic E-state index is 0.142. The fourth-order valence-corrected chi connectivity index (χ4v) is 2.17. The number of aliphatic hydroxyl groups excluding tert-OH is 1. The van der Waals surface area contributed by atoms with Gasteiger partial charge in [-0.3, -0.25) is 0 Å². The van der Waals surface area contributed by atoms with Crippen molar-refractivity contribution in [2.45, 2.75) is 59.7 Å². The Morgan fingerprint density at radius 2 is 1.75 bits per heavy atom. The number of ether oxygens (including phenoxy) is 1. The zero-order chi connectivity index (χ0) is 15.2. The third-order valence-corrected chi connectivity index (χ3v) is 3.31. The Labute approximate surface area is 123 Å². The molecule has 0 fully saturated rings. The lowest BCUT2D eigenvalue weighted by Gasteiger charge is -2.31. The average Bonchev–Trinajstić information content (AvgIpc) is 2.34. The van der Waals surface area contributed by atoms with E-state index in [1.165, 1.54) is 5.56 Å². The first-order valence-electron chi connectivity index (χ1n) is 7.42. The molecule has 0 saturated heterocycles. The molecule has 0 spiro atoms. The molecule has 1 atom stereocenters. The molecule has 3 heteroatoms. The summed E-state index contributed by atoms with van der Waals surface area (Å²) >= 11 is 0. The summed E-state index contributed by atoms with van der Waals surface area (Å²) in [7, 11) is 0. The Morgan fingerprint density at radius 1 is 1.15 bits per heavy atom. The monoisotopic (exact) mass is 279 g/mol. The van der Waals surface area contributed by atoms with E-state index in [-0.39, 0.29) is 18.1 Å². The molecule has 0 bridgehead atoms. The van der Waals surface area contributed by atoms with E-state index in [1.54, 1.807) is 0 Å². The van der Waals surface area contributed by atoms with Gasteiger partial charge in [-0.05, 0) is 43.4 Å². The van der Waals surface area contributed by atoms with E-state index >= 15 is 0 Å². The van der Waals surface area contributed by atoms with E-state index in [4.69, 9.17) is 9.84 Å². The average molecular weight is 279 g/mol. The van der Waals surface area contributed by atoms with Gasteiger partial charge in [0.1, 0.15) is 5.75 Å². The van der Waals surface area contributed by atoms with E-state index in [0.29, 0.717) is 6.04 Å². The first kappa shape index (κ1) is 17.0. The van der Waals surface area contributed by atoms with Crippen molar-refractivity contribution in [1.82, 2.24) is 5.32 Å². The second-order valence-corrected chi connectivity index (χ2v) is 6.62. The highest BCUT2D eigenvalue weighted by Gasteiger charge is 2.23. The zero-order valence-electron chi connectivity index (χ0n) is 13.4. The number of benzene rings is 1. The smallest absolute Gasteiger partial charge is 0.119 e. The third-order valence-electron chi connectivity index (χ3n) is 3.31. The molecular formula is C17H29NO2. The summed E-state index contributed by atoms with van der Waals surface area (Å²) in [4.78, 5) is 0. The highest BCUT2D eigenvalue weighted by atomic mass is 16.5. The number of nitrogens with one attached hydrogen (secondary N) is 1. The Hall–Kier alpha value is -1.06. The van der Waals surface area contributed by atoms with Crippen molar-refractivity contribution in [2.75, 3.05) is 6.61 Å². The van der Waals surface area contributed by atoms with Crippen molar-refractivity contribution in [1.29, 1.82) is 0 Å². The number of aliphatic hydroxyl groups is 1. The Balaban J connectivity index is 2.55. The number of hydrogen-bond donors (Lipinski definition) is 2. The Morgan fingerprint density at radius 3 is 2.20 bits per heavy atom. The van der Waals surface area contributed by atoms with Crippen molar-refractivity contribution in [3.8, 4) is 5.75 Å². The summed E-state index contributed by atoms with van der Waals surface area (Å²) in [6.07, 6.45) is 0.978. The minimum absolute atomic E-state index is 0.142. The van der Waals surface area contributed by atoms with Gasteiger partial charge in [0.2, 0.25) is 0 Å². The van der Waals surface area contributed by atoms with Crippen LogP contribution in [0.1, 0.15) is 46.6 Å². The predicted molar refractivity (Wildman–Crippen MR) is 84.0 cm³/mol. The first-order chi connectivity index (χ1) is 9.32. The largest absolute Gasteiger partial charge is 0.491 e. The van der Waals surface area contributed by atoms with Gasteiger partial charge in [-0.2, -0.15) is 0 Å². The van der Waals surface area contributed by atoms with Gasteiger partial charge in [-0.25, -0.2) is 0 Å². The molecule has 1 rings (SSSR count). The van der Waals surface area contributed by atoms with Crippen LogP contribution in [0.25, 0.3) is 0 Å². The molecule has 1 aromatic carbocycles. The van der Waals surface area contributed by atoms with Crippen molar-refractivity contribution in [3.63, 3.8) is 0 Å². The molecular weight excluding hydrogens is 250 g/mol. The zero-order valence-corrected chi connectivity index (χ0v) is 13.4. The summed E-state index contributed by atoms with van der Waals surface area (Å²) in [6, 6.07) is 8.50. The molecule has 3 nitrogen and oxygen atoms in total. The molecule has 0 heterocycles. The van der Waals surface area contributed by atoms with Gasteiger partial charge in [0.15, 0.2) is 0 Å². The van der Waals surface area contributed by atoms with Gasteiger partial charge in [-0.1, -0.05) is 32.9 Å². The molecule has 20 heavy (non-hydrogen) atoms. The van der Waals surface area contributed by atoms with Crippen molar-refractivity contribution < 1.29 is 9.84 Å². The van der Waals surface area contributed by atoms with Crippen LogP contribution in [-0.2, 0) is 6.54 Å². The van der Waals surface area contributed by atoms with Gasteiger partial charge < -0.3 is 15.2 Å². The van der Waals surface area contributed by atoms with Gasteiger partial charge in [-0.15, -0.1) is 0 Å². The second kappa shape index (κ2) is 7.65. The van der Waals surface area contributed by atoms with Crippen LogP contribution in [0.3, 0.4) is 0 Å². The lowest BCUT2D eigenvalue weighted by Crippen LogP contribution is -2.40. The normalized spacial score (nSPS) is 13.6. The number of rotatable bonds is 7. The molecule has 0 saturated carbocycles. The van der Waals surface area contributed by atoms with E-state index in [9.17, 15) is 0 Å². The molecule has 1 unspecified atom stereocenters. The first-order valence-corrected chi connectivity index (χ1v) is 7.42. The summed E-state index contributed by atoms with van der Waals surface area (Å²) in [6.45, 7) is 11.7. The van der Waals surface area contributed by atoms with Crippen LogP contribution in [0.15, 0.2) is 24.3 Å². The number of hydrogen-bond acceptors (Lipinski definition) is 3. The molecule has 1 aromatic rings. The van der Waals surface area contributed by atoms with Crippen LogP contribution in [0, 0.1) is 5.41 Å². The van der Waals surface area contributed by atoms with Crippen molar-refractivity contribution in [2.24, 2.45) is 5.41 Å². The van der Waals surface area contributed by atoms with Crippen LogP contribution in [0.2, 0.25) is 0 Å². The van der Waals surface area contributed by atoms with Gasteiger partial charge in [0, 0.05) is 19.2 Å². The van der Waals surface area contributed by atoms with Crippen LogP contribution in [-0.4, -0.2) is 23.9 Å². The molecule has 0 aliphatic heterocycles. The molecule has 0 radical (unpaired) electrons. The summed E-state index contributed by atoms with van der Waals surface area (Å²) in [5.74, 6) is 0.909. The quantitative estimate of drug-likeness (QED) is 0.804. The van der Waals surface area contributed by atoms with Crippen LogP contribution in [0.5, 0.6) is 5.75 Å². The van der Waals surface area contributed by atoms with E-state index in [0.717, 1.165) is 18.7 Å². The SMILES string of the molecule is CC(C)Oc1ccc(CNC(CCO)C(C)(C)C)cc1. The van der Waals surface area contributed by atoms with Gasteiger partial charge >= 0.3 is 0 Å². The molecule has 0 aromatic heterocycles. The van der Waals surface area contributed by atoms with Gasteiger partial charge in [0.25, 0.3) is 0 Å². The summed E-state index contributed by atoms with van der Waals surface area (Å²) in [5.41, 5.74) is 1.37. The molecule has 0 aliphatic carbocycles. The fraction of sp³-hybridized carbons (Fsp3) is 0.647. The second-order valence-electron chi connectivity index (χ2n) is 6.62. The molecule has 0 aliphatic rings. The molecule has 114 valence electrons. The minimum Gasteiger partial charge on any atom is -0.491 e.